The van der Waals surface area contributed by atoms with Crippen LogP contribution < -0.4 is 0 Å². The molecule has 2 atom stereocenters. The Hall–Kier alpha value is -1.26. The predicted octanol–water partition coefficient (Wildman–Crippen LogP) is 3.02. The maximum atomic E-state index is 11.1. The second-order valence-corrected chi connectivity index (χ2v) is 5.77. The van der Waals surface area contributed by atoms with E-state index in [-0.39, 0.29) is 5.92 Å². The molecule has 0 saturated heterocycles. The van der Waals surface area contributed by atoms with E-state index < -0.39 is 5.60 Å². The van der Waals surface area contributed by atoms with Crippen LogP contribution in [0.15, 0.2) is 29.4 Å². The Kier molecular flexibility index (Phi) is 4.32. The Morgan fingerprint density at radius 1 is 1.42 bits per heavy atom. The summed E-state index contributed by atoms with van der Waals surface area (Å²) in [7, 11) is 4.05. The van der Waals surface area contributed by atoms with E-state index in [0.29, 0.717) is 5.69 Å². The number of benzene rings is 1. The molecule has 104 valence electrons. The molecule has 2 rings (SSSR count). The quantitative estimate of drug-likeness (QED) is 0.849. The summed E-state index contributed by atoms with van der Waals surface area (Å²) >= 11 is 0. The molecule has 2 unspecified atom stereocenters. The first-order chi connectivity index (χ1) is 9.06. The fourth-order valence-electron chi connectivity index (χ4n) is 3.12. The van der Waals surface area contributed by atoms with Gasteiger partial charge in [-0.2, -0.15) is 0 Å². The Balaban J connectivity index is 2.32. The highest BCUT2D eigenvalue weighted by Crippen LogP contribution is 2.42. The van der Waals surface area contributed by atoms with E-state index in [2.05, 4.69) is 10.1 Å². The zero-order chi connectivity index (χ0) is 13.9. The Morgan fingerprint density at radius 3 is 2.89 bits per heavy atom. The molecule has 0 bridgehead atoms. The van der Waals surface area contributed by atoms with E-state index in [1.54, 1.807) is 18.2 Å². The highest BCUT2D eigenvalue weighted by Gasteiger charge is 2.40. The van der Waals surface area contributed by atoms with E-state index >= 15 is 0 Å². The van der Waals surface area contributed by atoms with Crippen molar-refractivity contribution in [3.05, 3.63) is 34.7 Å². The third-order valence-electron chi connectivity index (χ3n) is 4.07. The zero-order valence-corrected chi connectivity index (χ0v) is 11.7. The Morgan fingerprint density at radius 2 is 2.21 bits per heavy atom. The van der Waals surface area contributed by atoms with E-state index in [4.69, 9.17) is 0 Å². The summed E-state index contributed by atoms with van der Waals surface area (Å²) in [4.78, 5) is 12.8. The van der Waals surface area contributed by atoms with Crippen LogP contribution in [0.2, 0.25) is 0 Å². The third-order valence-corrected chi connectivity index (χ3v) is 4.07. The average Bonchev–Trinajstić information content (AvgIpc) is 2.41. The van der Waals surface area contributed by atoms with Crippen LogP contribution >= 0.6 is 0 Å². The van der Waals surface area contributed by atoms with E-state index in [1.807, 2.05) is 20.2 Å². The van der Waals surface area contributed by atoms with Gasteiger partial charge in [0.05, 0.1) is 5.60 Å². The fourth-order valence-corrected chi connectivity index (χ4v) is 3.12. The third kappa shape index (κ3) is 3.01. The molecule has 0 aromatic heterocycles. The normalized spacial score (nSPS) is 27.5. The minimum Gasteiger partial charge on any atom is -0.385 e. The summed E-state index contributed by atoms with van der Waals surface area (Å²) in [5.41, 5.74) is 0.389. The fraction of sp³-hybridized carbons (Fsp3) is 0.600. The van der Waals surface area contributed by atoms with Gasteiger partial charge in [0.2, 0.25) is 0 Å². The second kappa shape index (κ2) is 5.80. The first kappa shape index (κ1) is 14.2. The standard InChI is InChI=1S/C15H22N2O2/c1-17(2)11-13-6-3-4-9-15(13,18)12-7-5-8-14(10-12)16-19/h5,7-8,10,13,18H,3-4,6,9,11H2,1-2H3. The molecule has 0 spiro atoms. The summed E-state index contributed by atoms with van der Waals surface area (Å²) in [5.74, 6) is 0.207. The van der Waals surface area contributed by atoms with Gasteiger partial charge in [-0.15, -0.1) is 4.91 Å². The molecule has 1 aliphatic carbocycles. The first-order valence-electron chi connectivity index (χ1n) is 6.87. The van der Waals surface area contributed by atoms with Crippen molar-refractivity contribution in [2.45, 2.75) is 31.3 Å². The highest BCUT2D eigenvalue weighted by molar-refractivity contribution is 5.42. The Labute approximate surface area is 114 Å². The molecule has 1 N–H and O–H groups in total. The van der Waals surface area contributed by atoms with E-state index in [1.165, 1.54) is 0 Å². The van der Waals surface area contributed by atoms with Gasteiger partial charge in [0.1, 0.15) is 5.69 Å². The van der Waals surface area contributed by atoms with Crippen molar-refractivity contribution in [1.29, 1.82) is 0 Å². The number of hydrogen-bond donors (Lipinski definition) is 1. The van der Waals surface area contributed by atoms with Gasteiger partial charge in [-0.05, 0) is 49.8 Å². The molecule has 1 aromatic carbocycles. The first-order valence-corrected chi connectivity index (χ1v) is 6.87. The van der Waals surface area contributed by atoms with Gasteiger partial charge in [-0.3, -0.25) is 0 Å². The van der Waals surface area contributed by atoms with Crippen molar-refractivity contribution in [1.82, 2.24) is 4.90 Å². The van der Waals surface area contributed by atoms with Gasteiger partial charge in [0.15, 0.2) is 0 Å². The molecule has 1 aliphatic rings. The second-order valence-electron chi connectivity index (χ2n) is 5.77. The van der Waals surface area contributed by atoms with Crippen LogP contribution in [-0.4, -0.2) is 30.6 Å². The lowest BCUT2D eigenvalue weighted by molar-refractivity contribution is -0.0618. The molecular formula is C15H22N2O2. The van der Waals surface area contributed by atoms with Crippen molar-refractivity contribution in [3.63, 3.8) is 0 Å². The molecule has 19 heavy (non-hydrogen) atoms. The van der Waals surface area contributed by atoms with Gasteiger partial charge >= 0.3 is 0 Å². The molecule has 0 radical (unpaired) electrons. The molecule has 1 aromatic rings. The maximum Gasteiger partial charge on any atom is 0.108 e. The van der Waals surface area contributed by atoms with Gasteiger partial charge in [0, 0.05) is 12.5 Å². The highest BCUT2D eigenvalue weighted by atomic mass is 16.3. The van der Waals surface area contributed by atoms with E-state index in [9.17, 15) is 10.0 Å². The number of nitroso groups, excluding NO2 is 1. The molecule has 0 amide bonds. The molecule has 0 heterocycles. The van der Waals surface area contributed by atoms with Gasteiger partial charge in [-0.1, -0.05) is 25.0 Å². The van der Waals surface area contributed by atoms with Gasteiger partial charge in [0.25, 0.3) is 0 Å². The number of nitrogens with zero attached hydrogens (tertiary/aromatic N) is 2. The summed E-state index contributed by atoms with van der Waals surface area (Å²) in [5, 5.41) is 14.1. The van der Waals surface area contributed by atoms with Crippen molar-refractivity contribution in [2.75, 3.05) is 20.6 Å². The lowest BCUT2D eigenvalue weighted by Gasteiger charge is -2.41. The summed E-state index contributed by atoms with van der Waals surface area (Å²) < 4.78 is 0. The van der Waals surface area contributed by atoms with Crippen LogP contribution in [0.5, 0.6) is 0 Å². The number of aliphatic hydroxyl groups is 1. The monoisotopic (exact) mass is 262 g/mol. The Bertz CT molecular complexity index is 448. The lowest BCUT2D eigenvalue weighted by atomic mass is 9.71. The summed E-state index contributed by atoms with van der Waals surface area (Å²) in [6.45, 7) is 0.856. The summed E-state index contributed by atoms with van der Waals surface area (Å²) in [6.07, 6.45) is 3.97. The van der Waals surface area contributed by atoms with Crippen molar-refractivity contribution in [3.8, 4) is 0 Å². The van der Waals surface area contributed by atoms with Gasteiger partial charge < -0.3 is 10.0 Å². The largest absolute Gasteiger partial charge is 0.385 e. The molecular weight excluding hydrogens is 240 g/mol. The lowest BCUT2D eigenvalue weighted by Crippen LogP contribution is -2.43. The molecule has 1 saturated carbocycles. The zero-order valence-electron chi connectivity index (χ0n) is 11.7. The maximum absolute atomic E-state index is 11.1. The predicted molar refractivity (Wildman–Crippen MR) is 76.3 cm³/mol. The van der Waals surface area contributed by atoms with Gasteiger partial charge in [-0.25, -0.2) is 0 Å². The van der Waals surface area contributed by atoms with Crippen LogP contribution in [0.25, 0.3) is 0 Å². The van der Waals surface area contributed by atoms with Crippen molar-refractivity contribution in [2.24, 2.45) is 11.1 Å². The molecule has 1 fully saturated rings. The molecule has 4 heteroatoms. The van der Waals surface area contributed by atoms with Crippen LogP contribution in [0.4, 0.5) is 5.69 Å². The van der Waals surface area contributed by atoms with E-state index in [0.717, 1.165) is 37.8 Å². The number of rotatable bonds is 4. The van der Waals surface area contributed by atoms with Crippen LogP contribution in [0.3, 0.4) is 0 Å². The molecule has 4 nitrogen and oxygen atoms in total. The van der Waals surface area contributed by atoms with Crippen LogP contribution in [0.1, 0.15) is 31.2 Å². The topological polar surface area (TPSA) is 52.9 Å². The minimum absolute atomic E-state index is 0.207. The number of hydrogen-bond acceptors (Lipinski definition) is 4. The SMILES string of the molecule is CN(C)CC1CCCCC1(O)c1cccc(N=O)c1. The molecule has 0 aliphatic heterocycles. The van der Waals surface area contributed by atoms with Crippen molar-refractivity contribution < 1.29 is 5.11 Å². The smallest absolute Gasteiger partial charge is 0.108 e. The van der Waals surface area contributed by atoms with Crippen LogP contribution in [-0.2, 0) is 5.60 Å². The van der Waals surface area contributed by atoms with Crippen molar-refractivity contribution >= 4 is 5.69 Å². The average molecular weight is 262 g/mol. The summed E-state index contributed by atoms with van der Waals surface area (Å²) in [6, 6.07) is 7.10. The van der Waals surface area contributed by atoms with Crippen LogP contribution in [0, 0.1) is 10.8 Å². The minimum atomic E-state index is -0.830.